The van der Waals surface area contributed by atoms with Crippen molar-refractivity contribution in [1.29, 1.82) is 0 Å². The fourth-order valence-electron chi connectivity index (χ4n) is 1.35. The molecule has 4 heteroatoms. The molecule has 1 rings (SSSR count). The van der Waals surface area contributed by atoms with Gasteiger partial charge in [0, 0.05) is 28.2 Å². The molecule has 0 aromatic rings. The predicted molar refractivity (Wildman–Crippen MR) is 61.0 cm³/mol. The Hall–Kier alpha value is -1.58. The van der Waals surface area contributed by atoms with Crippen LogP contribution in [0.25, 0.3) is 0 Å². The minimum absolute atomic E-state index is 0.934. The molecule has 0 heterocycles. The van der Waals surface area contributed by atoms with Gasteiger partial charge >= 0.3 is 0 Å². The molecule has 14 heavy (non-hydrogen) atoms. The molecule has 2 N–H and O–H groups in total. The topological polar surface area (TPSA) is 48.8 Å². The Kier molecular flexibility index (Phi) is 3.45. The van der Waals surface area contributed by atoms with Crippen LogP contribution in [0.4, 0.5) is 0 Å². The van der Waals surface area contributed by atoms with Crippen LogP contribution in [0.2, 0.25) is 0 Å². The van der Waals surface area contributed by atoms with Crippen molar-refractivity contribution in [2.75, 3.05) is 28.2 Å². The summed E-state index contributed by atoms with van der Waals surface area (Å²) in [6, 6.07) is 0. The molecule has 0 atom stereocenters. The summed E-state index contributed by atoms with van der Waals surface area (Å²) in [7, 11) is 7.31. The lowest BCUT2D eigenvalue weighted by Gasteiger charge is -2.16. The Morgan fingerprint density at radius 1 is 0.857 bits per heavy atom. The number of aliphatic imine (C=N–C) groups is 2. The lowest BCUT2D eigenvalue weighted by molar-refractivity contribution is 1.02. The zero-order valence-corrected chi connectivity index (χ0v) is 9.05. The van der Waals surface area contributed by atoms with E-state index in [1.165, 1.54) is 0 Å². The Morgan fingerprint density at radius 3 is 1.43 bits per heavy atom. The van der Waals surface area contributed by atoms with Gasteiger partial charge in [-0.15, -0.1) is 0 Å². The van der Waals surface area contributed by atoms with Crippen LogP contribution in [-0.2, 0) is 0 Å². The van der Waals surface area contributed by atoms with Gasteiger partial charge in [0.15, 0.2) is 0 Å². The first-order chi connectivity index (χ1) is 6.76. The van der Waals surface area contributed by atoms with Gasteiger partial charge in [-0.05, 0) is 12.2 Å². The minimum Gasteiger partial charge on any atom is -0.386 e. The fraction of sp³-hybridized carbons (Fsp3) is 0.400. The summed E-state index contributed by atoms with van der Waals surface area (Å²) in [5, 5.41) is 6.18. The van der Waals surface area contributed by atoms with Gasteiger partial charge in [0.05, 0.1) is 22.8 Å². The third kappa shape index (κ3) is 1.84. The quantitative estimate of drug-likeness (QED) is 0.620. The highest BCUT2D eigenvalue weighted by Gasteiger charge is 2.13. The molecule has 0 fully saturated rings. The van der Waals surface area contributed by atoms with E-state index in [1.54, 1.807) is 14.1 Å². The largest absolute Gasteiger partial charge is 0.386 e. The molecule has 0 spiro atoms. The van der Waals surface area contributed by atoms with Gasteiger partial charge in [-0.2, -0.15) is 0 Å². The molecule has 1 aliphatic carbocycles. The van der Waals surface area contributed by atoms with Crippen molar-refractivity contribution in [1.82, 2.24) is 10.6 Å². The Labute approximate surface area is 84.5 Å². The number of allylic oxidation sites excluding steroid dienone is 2. The second-order valence-corrected chi connectivity index (χ2v) is 2.83. The molecule has 0 radical (unpaired) electrons. The smallest absolute Gasteiger partial charge is 0.0824 e. The minimum atomic E-state index is 0.934. The standard InChI is InChI=1S/C10H16N4/c1-11-7-5-9(13-3)10(14-4)6-8(7)12-2/h5-6,11,14H,1-4H3. The molecule has 1 aliphatic rings. The molecule has 0 bridgehead atoms. The monoisotopic (exact) mass is 192 g/mol. The average Bonchev–Trinajstić information content (AvgIpc) is 2.26. The van der Waals surface area contributed by atoms with Crippen LogP contribution in [0.1, 0.15) is 0 Å². The second kappa shape index (κ2) is 4.60. The molecule has 0 aromatic carbocycles. The molecule has 0 unspecified atom stereocenters. The van der Waals surface area contributed by atoms with Crippen molar-refractivity contribution in [3.05, 3.63) is 23.5 Å². The van der Waals surface area contributed by atoms with Gasteiger partial charge < -0.3 is 10.6 Å². The molecular weight excluding hydrogens is 176 g/mol. The molecular formula is C10H16N4. The van der Waals surface area contributed by atoms with Gasteiger partial charge in [0.2, 0.25) is 0 Å². The highest BCUT2D eigenvalue weighted by atomic mass is 14.9. The van der Waals surface area contributed by atoms with Crippen LogP contribution in [-0.4, -0.2) is 39.6 Å². The first-order valence-corrected chi connectivity index (χ1v) is 4.50. The van der Waals surface area contributed by atoms with Crippen molar-refractivity contribution in [3.8, 4) is 0 Å². The van der Waals surface area contributed by atoms with Crippen LogP contribution in [0, 0.1) is 0 Å². The maximum atomic E-state index is 4.18. The van der Waals surface area contributed by atoms with E-state index in [2.05, 4.69) is 20.6 Å². The van der Waals surface area contributed by atoms with Gasteiger partial charge in [-0.3, -0.25) is 9.98 Å². The zero-order valence-electron chi connectivity index (χ0n) is 9.05. The van der Waals surface area contributed by atoms with E-state index in [-0.39, 0.29) is 0 Å². The van der Waals surface area contributed by atoms with Crippen LogP contribution in [0.5, 0.6) is 0 Å². The van der Waals surface area contributed by atoms with Crippen molar-refractivity contribution in [2.45, 2.75) is 0 Å². The van der Waals surface area contributed by atoms with Crippen LogP contribution >= 0.6 is 0 Å². The van der Waals surface area contributed by atoms with Crippen molar-refractivity contribution in [2.24, 2.45) is 9.98 Å². The zero-order chi connectivity index (χ0) is 10.6. The molecule has 0 saturated carbocycles. The van der Waals surface area contributed by atoms with Crippen LogP contribution < -0.4 is 10.6 Å². The highest BCUT2D eigenvalue weighted by Crippen LogP contribution is 2.09. The van der Waals surface area contributed by atoms with E-state index in [9.17, 15) is 0 Å². The first kappa shape index (κ1) is 10.5. The average molecular weight is 192 g/mol. The van der Waals surface area contributed by atoms with E-state index in [0.717, 1.165) is 22.8 Å². The third-order valence-electron chi connectivity index (χ3n) is 2.13. The normalized spacial score (nSPS) is 22.0. The molecule has 0 aromatic heterocycles. The summed E-state index contributed by atoms with van der Waals surface area (Å²) in [4.78, 5) is 8.36. The molecule has 0 amide bonds. The van der Waals surface area contributed by atoms with Crippen LogP contribution in [0.15, 0.2) is 33.5 Å². The summed E-state index contributed by atoms with van der Waals surface area (Å²) in [5.74, 6) is 0. The molecule has 0 aliphatic heterocycles. The van der Waals surface area contributed by atoms with E-state index in [1.807, 2.05) is 26.2 Å². The molecule has 76 valence electrons. The number of hydrogen-bond donors (Lipinski definition) is 2. The predicted octanol–water partition coefficient (Wildman–Crippen LogP) is 0.348. The van der Waals surface area contributed by atoms with Crippen molar-refractivity contribution < 1.29 is 0 Å². The van der Waals surface area contributed by atoms with Gasteiger partial charge in [-0.25, -0.2) is 0 Å². The SMILES string of the molecule is CN=C1C=C(NC)C(=NC)C=C1NC. The van der Waals surface area contributed by atoms with Gasteiger partial charge in [0.25, 0.3) is 0 Å². The Bertz CT molecular complexity index is 300. The summed E-state index contributed by atoms with van der Waals surface area (Å²) in [5.41, 5.74) is 3.85. The fourth-order valence-corrected chi connectivity index (χ4v) is 1.35. The second-order valence-electron chi connectivity index (χ2n) is 2.83. The van der Waals surface area contributed by atoms with E-state index in [4.69, 9.17) is 0 Å². The van der Waals surface area contributed by atoms with Gasteiger partial charge in [0.1, 0.15) is 0 Å². The number of hydrogen-bond acceptors (Lipinski definition) is 4. The summed E-state index contributed by atoms with van der Waals surface area (Å²) < 4.78 is 0. The summed E-state index contributed by atoms with van der Waals surface area (Å²) in [6.45, 7) is 0. The Balaban J connectivity index is 3.12. The van der Waals surface area contributed by atoms with E-state index >= 15 is 0 Å². The summed E-state index contributed by atoms with van der Waals surface area (Å²) >= 11 is 0. The Morgan fingerprint density at radius 2 is 1.21 bits per heavy atom. The highest BCUT2D eigenvalue weighted by molar-refractivity contribution is 6.23. The van der Waals surface area contributed by atoms with Crippen LogP contribution in [0.3, 0.4) is 0 Å². The third-order valence-corrected chi connectivity index (χ3v) is 2.13. The lowest BCUT2D eigenvalue weighted by atomic mass is 10.1. The van der Waals surface area contributed by atoms with Crippen molar-refractivity contribution >= 4 is 11.4 Å². The molecule has 0 saturated heterocycles. The van der Waals surface area contributed by atoms with Gasteiger partial charge in [-0.1, -0.05) is 0 Å². The lowest BCUT2D eigenvalue weighted by Crippen LogP contribution is -2.26. The number of nitrogens with zero attached hydrogens (tertiary/aromatic N) is 2. The van der Waals surface area contributed by atoms with E-state index in [0.29, 0.717) is 0 Å². The first-order valence-electron chi connectivity index (χ1n) is 4.50. The maximum absolute atomic E-state index is 4.18. The van der Waals surface area contributed by atoms with E-state index < -0.39 is 0 Å². The summed E-state index contributed by atoms with van der Waals surface area (Å²) in [6.07, 6.45) is 3.96. The van der Waals surface area contributed by atoms with Crippen molar-refractivity contribution in [3.63, 3.8) is 0 Å². The maximum Gasteiger partial charge on any atom is 0.0824 e. The number of nitrogens with one attached hydrogen (secondary N) is 2. The molecule has 4 nitrogen and oxygen atoms in total. The number of rotatable bonds is 2.